The first-order valence-electron chi connectivity index (χ1n) is 14.0. The van der Waals surface area contributed by atoms with Crippen LogP contribution in [0.4, 0.5) is 10.6 Å². The van der Waals surface area contributed by atoms with E-state index in [2.05, 4.69) is 43.0 Å². The van der Waals surface area contributed by atoms with Crippen LogP contribution in [-0.2, 0) is 11.3 Å². The van der Waals surface area contributed by atoms with Gasteiger partial charge in [-0.15, -0.1) is 0 Å². The Kier molecular flexibility index (Phi) is 8.39. The second-order valence-electron chi connectivity index (χ2n) is 12.6. The van der Waals surface area contributed by atoms with Crippen LogP contribution in [0.1, 0.15) is 40.2 Å². The molecule has 2 aromatic rings. The van der Waals surface area contributed by atoms with E-state index in [0.29, 0.717) is 49.6 Å². The monoisotopic (exact) mass is 552 g/mol. The molecule has 2 fully saturated rings. The summed E-state index contributed by atoms with van der Waals surface area (Å²) in [5.74, 6) is 1.84. The van der Waals surface area contributed by atoms with Crippen molar-refractivity contribution in [1.82, 2.24) is 24.3 Å². The van der Waals surface area contributed by atoms with Crippen molar-refractivity contribution >= 4 is 17.8 Å². The van der Waals surface area contributed by atoms with E-state index in [-0.39, 0.29) is 23.3 Å². The molecule has 0 radical (unpaired) electrons. The lowest BCUT2D eigenvalue weighted by molar-refractivity contribution is -0.137. The number of hydrogen-bond acceptors (Lipinski definition) is 7. The maximum absolute atomic E-state index is 12.8. The van der Waals surface area contributed by atoms with E-state index in [9.17, 15) is 14.4 Å². The lowest BCUT2D eigenvalue weighted by Crippen LogP contribution is -2.58. The number of anilines is 1. The highest BCUT2D eigenvalue weighted by molar-refractivity contribution is 5.89. The van der Waals surface area contributed by atoms with Gasteiger partial charge in [0.05, 0.1) is 11.2 Å². The molecule has 1 aromatic carbocycles. The number of amides is 3. The van der Waals surface area contributed by atoms with Crippen LogP contribution in [-0.4, -0.2) is 87.0 Å². The van der Waals surface area contributed by atoms with Gasteiger partial charge in [0.2, 0.25) is 5.91 Å². The van der Waals surface area contributed by atoms with Crippen molar-refractivity contribution in [2.24, 2.45) is 29.2 Å². The molecule has 1 saturated carbocycles. The van der Waals surface area contributed by atoms with E-state index in [1.165, 1.54) is 4.57 Å². The number of benzene rings is 1. The Morgan fingerprint density at radius 1 is 1.02 bits per heavy atom. The fourth-order valence-corrected chi connectivity index (χ4v) is 5.93. The lowest BCUT2D eigenvalue weighted by Gasteiger charge is -2.37. The van der Waals surface area contributed by atoms with Gasteiger partial charge >= 0.3 is 11.7 Å². The van der Waals surface area contributed by atoms with E-state index in [1.807, 2.05) is 24.3 Å². The zero-order valence-electron chi connectivity index (χ0n) is 24.6. The Morgan fingerprint density at radius 3 is 2.15 bits per heavy atom. The average Bonchev–Trinajstić information content (AvgIpc) is 3.52. The molecule has 1 unspecified atom stereocenters. The number of hydrogen-bond donors (Lipinski definition) is 3. The molecule has 11 heteroatoms. The summed E-state index contributed by atoms with van der Waals surface area (Å²) in [4.78, 5) is 47.5. The van der Waals surface area contributed by atoms with Gasteiger partial charge in [0.25, 0.3) is 0 Å². The second-order valence-corrected chi connectivity index (χ2v) is 12.6. The quantitative estimate of drug-likeness (QED) is 0.452. The molecule has 0 spiro atoms. The average molecular weight is 553 g/mol. The van der Waals surface area contributed by atoms with Crippen molar-refractivity contribution in [3.05, 3.63) is 52.6 Å². The number of aromatic nitrogens is 2. The third-order valence-corrected chi connectivity index (χ3v) is 8.05. The third kappa shape index (κ3) is 6.89. The first-order chi connectivity index (χ1) is 18.6. The summed E-state index contributed by atoms with van der Waals surface area (Å²) in [6.07, 6.45) is 1.61. The number of piperazine rings is 1. The molecule has 1 aliphatic heterocycles. The summed E-state index contributed by atoms with van der Waals surface area (Å²) in [6, 6.07) is 9.08. The summed E-state index contributed by atoms with van der Waals surface area (Å²) in [6.45, 7) is 13.2. The molecule has 3 amide bonds. The molecule has 11 nitrogen and oxygen atoms in total. The van der Waals surface area contributed by atoms with Crippen LogP contribution in [0.25, 0.3) is 5.69 Å². The van der Waals surface area contributed by atoms with Gasteiger partial charge in [-0.1, -0.05) is 19.1 Å². The zero-order valence-corrected chi connectivity index (χ0v) is 24.6. The van der Waals surface area contributed by atoms with Crippen LogP contribution < -0.4 is 22.5 Å². The molecule has 4 rings (SSSR count). The van der Waals surface area contributed by atoms with Gasteiger partial charge in [0.15, 0.2) is 0 Å². The van der Waals surface area contributed by atoms with Crippen LogP contribution in [0.2, 0.25) is 0 Å². The highest BCUT2D eigenvalue weighted by Crippen LogP contribution is 2.51. The van der Waals surface area contributed by atoms with Gasteiger partial charge in [0.1, 0.15) is 5.82 Å². The van der Waals surface area contributed by atoms with E-state index < -0.39 is 11.2 Å². The first-order valence-corrected chi connectivity index (χ1v) is 14.0. The predicted molar refractivity (Wildman–Crippen MR) is 156 cm³/mol. The summed E-state index contributed by atoms with van der Waals surface area (Å²) in [7, 11) is 2.13. The highest BCUT2D eigenvalue weighted by atomic mass is 16.2. The fraction of sp³-hybridized carbons (Fsp3) is 0.586. The molecule has 218 valence electrons. The van der Waals surface area contributed by atoms with Crippen molar-refractivity contribution in [3.63, 3.8) is 0 Å². The van der Waals surface area contributed by atoms with Crippen LogP contribution in [0.3, 0.4) is 0 Å². The van der Waals surface area contributed by atoms with E-state index in [0.717, 1.165) is 18.7 Å². The van der Waals surface area contributed by atoms with E-state index in [4.69, 9.17) is 11.5 Å². The third-order valence-electron chi connectivity index (χ3n) is 8.05. The Balaban J connectivity index is 1.30. The minimum absolute atomic E-state index is 0.143. The summed E-state index contributed by atoms with van der Waals surface area (Å²) in [5, 5.41) is 2.69. The van der Waals surface area contributed by atoms with Crippen molar-refractivity contribution in [3.8, 4) is 5.69 Å². The highest BCUT2D eigenvalue weighted by Gasteiger charge is 2.53. The zero-order chi connectivity index (χ0) is 29.4. The smallest absolute Gasteiger partial charge is 0.338 e. The van der Waals surface area contributed by atoms with Gasteiger partial charge < -0.3 is 26.2 Å². The van der Waals surface area contributed by atoms with Crippen LogP contribution >= 0.6 is 0 Å². The standard InChI is InChI=1S/C29H44N8O3/c1-19-22(24(19)28(2,3)30)18-34(6)17-20-7-9-21(10-8-20)37-12-11-23(33-27(37)40)32-26(39)36-15-13-35(14-16-36)25(38)29(4,5)31/h7-12,19,22,24H,13-18,30-31H2,1-6H3,(H,32,33,39,40)/t19-,22+,24?/m0/s1. The second kappa shape index (κ2) is 11.3. The SMILES string of the molecule is C[C@@H]1C(C(C)(C)N)[C@@H]1CN(C)Cc1ccc(-n2ccc(NC(=O)N3CCN(C(=O)C(C)(C)N)CC3)nc2=O)cc1. The van der Waals surface area contributed by atoms with Crippen LogP contribution in [0, 0.1) is 17.8 Å². The number of nitrogens with zero attached hydrogens (tertiary/aromatic N) is 5. The predicted octanol–water partition coefficient (Wildman–Crippen LogP) is 1.70. The van der Waals surface area contributed by atoms with Crippen LogP contribution in [0.15, 0.2) is 41.3 Å². The van der Waals surface area contributed by atoms with Crippen molar-refractivity contribution in [2.45, 2.75) is 52.2 Å². The Labute approximate surface area is 236 Å². The minimum atomic E-state index is -0.948. The molecule has 1 aliphatic carbocycles. The number of carbonyl (C=O) groups is 2. The van der Waals surface area contributed by atoms with Crippen molar-refractivity contribution < 1.29 is 9.59 Å². The lowest BCUT2D eigenvalue weighted by atomic mass is 9.97. The molecule has 40 heavy (non-hydrogen) atoms. The molecular formula is C29H44N8O3. The molecule has 2 heterocycles. The first kappa shape index (κ1) is 29.7. The topological polar surface area (TPSA) is 143 Å². The molecule has 1 saturated heterocycles. The number of carbonyl (C=O) groups excluding carboxylic acids is 2. The van der Waals surface area contributed by atoms with Gasteiger partial charge in [-0.2, -0.15) is 4.98 Å². The fourth-order valence-electron chi connectivity index (χ4n) is 5.93. The normalized spacial score (nSPS) is 21.5. The van der Waals surface area contributed by atoms with Gasteiger partial charge in [-0.05, 0) is 76.3 Å². The van der Waals surface area contributed by atoms with Gasteiger partial charge in [-0.25, -0.2) is 9.59 Å². The van der Waals surface area contributed by atoms with E-state index in [1.54, 1.807) is 35.9 Å². The maximum Gasteiger partial charge on any atom is 0.354 e. The Morgan fingerprint density at radius 2 is 1.62 bits per heavy atom. The Hall–Kier alpha value is -3.28. The molecule has 5 N–H and O–H groups in total. The van der Waals surface area contributed by atoms with Crippen molar-refractivity contribution in [2.75, 3.05) is 45.1 Å². The minimum Gasteiger partial charge on any atom is -0.338 e. The number of rotatable bonds is 8. The van der Waals surface area contributed by atoms with Crippen LogP contribution in [0.5, 0.6) is 0 Å². The maximum atomic E-state index is 12.8. The largest absolute Gasteiger partial charge is 0.354 e. The Bertz CT molecular complexity index is 1270. The molecule has 1 aromatic heterocycles. The van der Waals surface area contributed by atoms with Crippen molar-refractivity contribution in [1.29, 1.82) is 0 Å². The number of nitrogens with one attached hydrogen (secondary N) is 1. The summed E-state index contributed by atoms with van der Waals surface area (Å²) >= 11 is 0. The van der Waals surface area contributed by atoms with Gasteiger partial charge in [0, 0.05) is 51.0 Å². The van der Waals surface area contributed by atoms with E-state index >= 15 is 0 Å². The molecular weight excluding hydrogens is 508 g/mol. The summed E-state index contributed by atoms with van der Waals surface area (Å²) < 4.78 is 1.45. The number of urea groups is 1. The number of nitrogens with two attached hydrogens (primary N) is 2. The molecule has 2 aliphatic rings. The molecule has 3 atom stereocenters. The van der Waals surface area contributed by atoms with Gasteiger partial charge in [-0.3, -0.25) is 14.7 Å². The molecule has 0 bridgehead atoms. The summed E-state index contributed by atoms with van der Waals surface area (Å²) in [5.41, 5.74) is 12.5.